The summed E-state index contributed by atoms with van der Waals surface area (Å²) >= 11 is 0. The van der Waals surface area contributed by atoms with E-state index >= 15 is 0 Å². The lowest BCUT2D eigenvalue weighted by Gasteiger charge is -2.20. The fraction of sp³-hybridized carbons (Fsp3) is 0.423. The quantitative estimate of drug-likeness (QED) is 0.450. The van der Waals surface area contributed by atoms with Gasteiger partial charge < -0.3 is 25.6 Å². The van der Waals surface area contributed by atoms with E-state index in [1.807, 2.05) is 36.4 Å². The predicted molar refractivity (Wildman–Crippen MR) is 125 cm³/mol. The summed E-state index contributed by atoms with van der Waals surface area (Å²) < 4.78 is 5.44. The smallest absolute Gasteiger partial charge is 0.407 e. The van der Waals surface area contributed by atoms with Crippen molar-refractivity contribution in [3.8, 4) is 11.1 Å². The molecule has 3 atom stereocenters. The Labute approximate surface area is 198 Å². The highest BCUT2D eigenvalue weighted by Gasteiger charge is 2.31. The van der Waals surface area contributed by atoms with Crippen LogP contribution in [0, 0.1) is 5.92 Å². The zero-order valence-electron chi connectivity index (χ0n) is 18.9. The third-order valence-corrected chi connectivity index (χ3v) is 6.69. The molecule has 0 radical (unpaired) electrons. The highest BCUT2D eigenvalue weighted by Crippen LogP contribution is 2.44. The molecule has 1 fully saturated rings. The number of carbonyl (C=O) groups is 3. The number of nitrogens with one attached hydrogen (secondary N) is 2. The van der Waals surface area contributed by atoms with E-state index in [1.54, 1.807) is 0 Å². The largest absolute Gasteiger partial charge is 0.481 e. The number of aliphatic carboxylic acids is 1. The van der Waals surface area contributed by atoms with Crippen LogP contribution in [-0.4, -0.2) is 53.5 Å². The number of aliphatic hydroxyl groups excluding tert-OH is 1. The van der Waals surface area contributed by atoms with Crippen LogP contribution >= 0.6 is 0 Å². The second-order valence-electron chi connectivity index (χ2n) is 9.03. The van der Waals surface area contributed by atoms with Gasteiger partial charge in [-0.2, -0.15) is 0 Å². The van der Waals surface area contributed by atoms with Crippen molar-refractivity contribution in [2.75, 3.05) is 13.2 Å². The first kappa shape index (κ1) is 23.8. The van der Waals surface area contributed by atoms with Gasteiger partial charge in [-0.05, 0) is 41.0 Å². The van der Waals surface area contributed by atoms with Crippen molar-refractivity contribution in [1.82, 2.24) is 10.6 Å². The van der Waals surface area contributed by atoms with Crippen LogP contribution in [0.1, 0.15) is 49.1 Å². The Balaban J connectivity index is 1.22. The second kappa shape index (κ2) is 10.7. The molecule has 4 rings (SSSR count). The second-order valence-corrected chi connectivity index (χ2v) is 9.03. The number of rotatable bonds is 9. The number of fused-ring (bicyclic) bond motifs is 3. The van der Waals surface area contributed by atoms with Crippen LogP contribution in [0.3, 0.4) is 0 Å². The summed E-state index contributed by atoms with van der Waals surface area (Å²) in [7, 11) is 0. The van der Waals surface area contributed by atoms with Crippen LogP contribution in [-0.2, 0) is 14.3 Å². The number of carboxylic acid groups (broad SMARTS) is 1. The first-order valence-corrected chi connectivity index (χ1v) is 11.7. The lowest BCUT2D eigenvalue weighted by Crippen LogP contribution is -2.41. The zero-order valence-corrected chi connectivity index (χ0v) is 18.9. The van der Waals surface area contributed by atoms with Gasteiger partial charge in [0.1, 0.15) is 6.61 Å². The van der Waals surface area contributed by atoms with E-state index in [0.29, 0.717) is 0 Å². The molecule has 8 nitrogen and oxygen atoms in total. The number of carboxylic acids is 1. The van der Waals surface area contributed by atoms with Crippen LogP contribution in [0.5, 0.6) is 0 Å². The van der Waals surface area contributed by atoms with Gasteiger partial charge in [0, 0.05) is 18.5 Å². The van der Waals surface area contributed by atoms with Gasteiger partial charge in [-0.15, -0.1) is 0 Å². The minimum atomic E-state index is -1.07. The van der Waals surface area contributed by atoms with Crippen molar-refractivity contribution in [2.45, 2.75) is 50.2 Å². The Morgan fingerprint density at radius 2 is 1.65 bits per heavy atom. The van der Waals surface area contributed by atoms with Gasteiger partial charge in [-0.1, -0.05) is 55.0 Å². The molecule has 0 heterocycles. The highest BCUT2D eigenvalue weighted by molar-refractivity contribution is 5.79. The molecular weight excluding hydrogens is 436 g/mol. The molecule has 180 valence electrons. The summed E-state index contributed by atoms with van der Waals surface area (Å²) in [5.41, 5.74) is 4.51. The maximum Gasteiger partial charge on any atom is 0.407 e. The molecule has 2 aromatic rings. The van der Waals surface area contributed by atoms with Crippen LogP contribution in [0.4, 0.5) is 4.79 Å². The molecule has 4 N–H and O–H groups in total. The first-order valence-electron chi connectivity index (χ1n) is 11.7. The lowest BCUT2D eigenvalue weighted by atomic mass is 9.98. The standard InChI is InChI=1S/C26H30N2O6/c29-17(13-24(30)28-23-11-5-6-16(23)12-25(31)32)14-27-26(33)34-15-22-20-9-3-1-7-18(20)19-8-2-4-10-21(19)22/h1-4,7-10,16-17,22-23,29H,5-6,11-15H2,(H,27,33)(H,28,30)(H,31,32)/t16-,17?,23+/m0/s1. The average Bonchev–Trinajstić information content (AvgIpc) is 3.37. The first-order chi connectivity index (χ1) is 16.4. The van der Waals surface area contributed by atoms with Crippen molar-refractivity contribution in [1.29, 1.82) is 0 Å². The minimum Gasteiger partial charge on any atom is -0.481 e. The molecule has 0 aromatic heterocycles. The maximum atomic E-state index is 12.3. The molecule has 8 heteroatoms. The summed E-state index contributed by atoms with van der Waals surface area (Å²) in [6.45, 7) is 0.0520. The molecule has 0 saturated heterocycles. The summed E-state index contributed by atoms with van der Waals surface area (Å²) in [6.07, 6.45) is 0.491. The van der Waals surface area contributed by atoms with Gasteiger partial charge in [-0.25, -0.2) is 4.79 Å². The van der Waals surface area contributed by atoms with Gasteiger partial charge in [0.25, 0.3) is 0 Å². The van der Waals surface area contributed by atoms with Crippen LogP contribution in [0.25, 0.3) is 11.1 Å². The minimum absolute atomic E-state index is 0.0246. The molecule has 1 saturated carbocycles. The number of aliphatic hydroxyl groups is 1. The highest BCUT2D eigenvalue weighted by atomic mass is 16.5. The molecule has 34 heavy (non-hydrogen) atoms. The predicted octanol–water partition coefficient (Wildman–Crippen LogP) is 3.04. The lowest BCUT2D eigenvalue weighted by molar-refractivity contribution is -0.138. The zero-order chi connectivity index (χ0) is 24.1. The summed E-state index contributed by atoms with van der Waals surface area (Å²) in [6, 6.07) is 15.9. The van der Waals surface area contributed by atoms with Crippen LogP contribution in [0.15, 0.2) is 48.5 Å². The van der Waals surface area contributed by atoms with Gasteiger partial charge in [0.05, 0.1) is 18.9 Å². The van der Waals surface area contributed by atoms with Crippen LogP contribution in [0.2, 0.25) is 0 Å². The van der Waals surface area contributed by atoms with Gasteiger partial charge in [0.2, 0.25) is 5.91 Å². The van der Waals surface area contributed by atoms with Crippen molar-refractivity contribution in [3.05, 3.63) is 59.7 Å². The molecule has 2 aromatic carbocycles. The van der Waals surface area contributed by atoms with E-state index in [1.165, 1.54) is 0 Å². The number of benzene rings is 2. The number of amides is 2. The summed E-state index contributed by atoms with van der Waals surface area (Å²) in [4.78, 5) is 35.5. The summed E-state index contributed by atoms with van der Waals surface area (Å²) in [5.74, 6) is -1.38. The van der Waals surface area contributed by atoms with E-state index in [0.717, 1.165) is 41.5 Å². The fourth-order valence-corrected chi connectivity index (χ4v) is 5.10. The Morgan fingerprint density at radius 3 is 2.29 bits per heavy atom. The molecule has 2 aliphatic rings. The molecule has 0 spiro atoms. The van der Waals surface area contributed by atoms with Gasteiger partial charge in [0.15, 0.2) is 0 Å². The van der Waals surface area contributed by atoms with E-state index < -0.39 is 18.2 Å². The molecule has 2 amide bonds. The van der Waals surface area contributed by atoms with Crippen molar-refractivity contribution >= 4 is 18.0 Å². The van der Waals surface area contributed by atoms with Gasteiger partial charge in [-0.3, -0.25) is 9.59 Å². The number of hydrogen-bond donors (Lipinski definition) is 4. The number of hydrogen-bond acceptors (Lipinski definition) is 5. The number of alkyl carbamates (subject to hydrolysis) is 1. The monoisotopic (exact) mass is 466 g/mol. The van der Waals surface area contributed by atoms with E-state index in [2.05, 4.69) is 22.8 Å². The van der Waals surface area contributed by atoms with Crippen molar-refractivity contribution in [3.63, 3.8) is 0 Å². The molecular formula is C26H30N2O6. The van der Waals surface area contributed by atoms with Crippen molar-refractivity contribution < 1.29 is 29.3 Å². The Bertz CT molecular complexity index is 1010. The van der Waals surface area contributed by atoms with E-state index in [9.17, 15) is 19.5 Å². The third kappa shape index (κ3) is 5.56. The van der Waals surface area contributed by atoms with Gasteiger partial charge >= 0.3 is 12.1 Å². The Kier molecular flexibility index (Phi) is 7.47. The van der Waals surface area contributed by atoms with Crippen molar-refractivity contribution in [2.24, 2.45) is 5.92 Å². The number of carbonyl (C=O) groups excluding carboxylic acids is 2. The Morgan fingerprint density at radius 1 is 1.00 bits per heavy atom. The molecule has 0 aliphatic heterocycles. The van der Waals surface area contributed by atoms with E-state index in [-0.39, 0.29) is 49.8 Å². The Hall–Kier alpha value is -3.39. The number of ether oxygens (including phenoxy) is 1. The fourth-order valence-electron chi connectivity index (χ4n) is 5.10. The van der Waals surface area contributed by atoms with Crippen LogP contribution < -0.4 is 10.6 Å². The molecule has 0 bridgehead atoms. The molecule has 2 aliphatic carbocycles. The third-order valence-electron chi connectivity index (χ3n) is 6.69. The SMILES string of the molecule is O=C(O)C[C@@H]1CCC[C@H]1NC(=O)CC(O)CNC(=O)OCC1c2ccccc2-c2ccccc21. The maximum absolute atomic E-state index is 12.3. The summed E-state index contributed by atoms with van der Waals surface area (Å²) in [5, 5.41) is 24.5. The molecule has 1 unspecified atom stereocenters. The normalized spacial score (nSPS) is 19.7. The topological polar surface area (TPSA) is 125 Å². The van der Waals surface area contributed by atoms with E-state index in [4.69, 9.17) is 9.84 Å². The average molecular weight is 467 g/mol.